The van der Waals surface area contributed by atoms with E-state index in [9.17, 15) is 5.11 Å². The molecule has 144 valence electrons. The Bertz CT molecular complexity index is 1190. The molecule has 29 heavy (non-hydrogen) atoms. The average molecular weight is 449 g/mol. The molecule has 4 rings (SSSR count). The lowest BCUT2D eigenvalue weighted by Gasteiger charge is -2.09. The van der Waals surface area contributed by atoms with Crippen molar-refractivity contribution in [1.29, 1.82) is 0 Å². The number of fused-ring (bicyclic) bond motifs is 1. The molecule has 0 unspecified atom stereocenters. The largest absolute Gasteiger partial charge is 0.504 e. The van der Waals surface area contributed by atoms with Crippen LogP contribution in [0.25, 0.3) is 22.3 Å². The smallest absolute Gasteiger partial charge is 0.166 e. The van der Waals surface area contributed by atoms with Crippen LogP contribution in [0, 0.1) is 0 Å². The standard InChI is InChI=1S/C22H17BrN4O2/c1-29-19-8-4-5-15(20(19)28)13-24-27-22-17-6-2-3-7-18(17)25-21(26-22)14-9-11-16(23)12-10-14/h2-13,28H,1H3,(H,25,26,27)/b24-13+. The third kappa shape index (κ3) is 4.05. The first-order valence-corrected chi connectivity index (χ1v) is 9.63. The number of hydrogen-bond donors (Lipinski definition) is 2. The molecule has 1 heterocycles. The third-order valence-corrected chi connectivity index (χ3v) is 4.86. The van der Waals surface area contributed by atoms with Gasteiger partial charge in [0.15, 0.2) is 23.1 Å². The van der Waals surface area contributed by atoms with Crippen molar-refractivity contribution in [3.63, 3.8) is 0 Å². The van der Waals surface area contributed by atoms with Crippen molar-refractivity contribution in [1.82, 2.24) is 9.97 Å². The Morgan fingerprint density at radius 1 is 1.00 bits per heavy atom. The molecule has 1 aromatic heterocycles. The first kappa shape index (κ1) is 18.9. The van der Waals surface area contributed by atoms with Crippen molar-refractivity contribution >= 4 is 38.9 Å². The lowest BCUT2D eigenvalue weighted by atomic mass is 10.2. The van der Waals surface area contributed by atoms with E-state index in [-0.39, 0.29) is 5.75 Å². The predicted molar refractivity (Wildman–Crippen MR) is 119 cm³/mol. The van der Waals surface area contributed by atoms with Gasteiger partial charge in [0, 0.05) is 21.0 Å². The zero-order valence-corrected chi connectivity index (χ0v) is 17.1. The van der Waals surface area contributed by atoms with Gasteiger partial charge in [0.05, 0.1) is 18.8 Å². The van der Waals surface area contributed by atoms with Crippen LogP contribution in [-0.4, -0.2) is 28.4 Å². The summed E-state index contributed by atoms with van der Waals surface area (Å²) < 4.78 is 6.11. The van der Waals surface area contributed by atoms with E-state index in [1.807, 2.05) is 48.5 Å². The van der Waals surface area contributed by atoms with E-state index in [4.69, 9.17) is 4.74 Å². The molecule has 0 amide bonds. The maximum atomic E-state index is 10.2. The van der Waals surface area contributed by atoms with Crippen LogP contribution < -0.4 is 10.2 Å². The molecule has 7 heteroatoms. The highest BCUT2D eigenvalue weighted by Crippen LogP contribution is 2.29. The van der Waals surface area contributed by atoms with Gasteiger partial charge in [0.2, 0.25) is 0 Å². The van der Waals surface area contributed by atoms with Gasteiger partial charge in [-0.3, -0.25) is 5.43 Å². The minimum atomic E-state index is 0.0312. The molecule has 3 aromatic carbocycles. The third-order valence-electron chi connectivity index (χ3n) is 4.33. The molecular weight excluding hydrogens is 432 g/mol. The number of nitrogens with zero attached hydrogens (tertiary/aromatic N) is 3. The molecule has 0 atom stereocenters. The molecule has 0 aliphatic rings. The van der Waals surface area contributed by atoms with Crippen LogP contribution in [-0.2, 0) is 0 Å². The van der Waals surface area contributed by atoms with Crippen LogP contribution in [0.3, 0.4) is 0 Å². The Labute approximate surface area is 176 Å². The minimum Gasteiger partial charge on any atom is -0.504 e. The van der Waals surface area contributed by atoms with E-state index in [0.29, 0.717) is 23.0 Å². The van der Waals surface area contributed by atoms with Crippen molar-refractivity contribution in [2.24, 2.45) is 5.10 Å². The second-order valence-corrected chi connectivity index (χ2v) is 7.10. The van der Waals surface area contributed by atoms with Gasteiger partial charge in [-0.25, -0.2) is 9.97 Å². The number of anilines is 1. The maximum absolute atomic E-state index is 10.2. The summed E-state index contributed by atoms with van der Waals surface area (Å²) in [4.78, 5) is 9.31. The van der Waals surface area contributed by atoms with E-state index < -0.39 is 0 Å². The first-order chi connectivity index (χ1) is 14.2. The molecule has 0 saturated carbocycles. The SMILES string of the molecule is COc1cccc(/C=N/Nc2nc(-c3ccc(Br)cc3)nc3ccccc23)c1O. The number of benzene rings is 3. The van der Waals surface area contributed by atoms with Gasteiger partial charge in [-0.05, 0) is 36.4 Å². The molecule has 0 saturated heterocycles. The minimum absolute atomic E-state index is 0.0312. The number of halogens is 1. The number of nitrogens with one attached hydrogen (secondary N) is 1. The number of para-hydroxylation sites is 2. The topological polar surface area (TPSA) is 79.6 Å². The average Bonchev–Trinajstić information content (AvgIpc) is 2.75. The molecule has 0 bridgehead atoms. The summed E-state index contributed by atoms with van der Waals surface area (Å²) in [5.74, 6) is 1.59. The highest BCUT2D eigenvalue weighted by molar-refractivity contribution is 9.10. The number of hydrazone groups is 1. The van der Waals surface area contributed by atoms with Gasteiger partial charge in [0.1, 0.15) is 0 Å². The molecule has 6 nitrogen and oxygen atoms in total. The Balaban J connectivity index is 1.70. The fourth-order valence-corrected chi connectivity index (χ4v) is 3.13. The summed E-state index contributed by atoms with van der Waals surface area (Å²) in [7, 11) is 1.50. The molecule has 0 spiro atoms. The van der Waals surface area contributed by atoms with Gasteiger partial charge in [0.25, 0.3) is 0 Å². The highest BCUT2D eigenvalue weighted by Gasteiger charge is 2.09. The van der Waals surface area contributed by atoms with Crippen molar-refractivity contribution in [3.05, 3.63) is 76.8 Å². The summed E-state index contributed by atoms with van der Waals surface area (Å²) >= 11 is 3.44. The van der Waals surface area contributed by atoms with Crippen LogP contribution >= 0.6 is 15.9 Å². The molecule has 0 fully saturated rings. The Kier molecular flexibility index (Phi) is 5.39. The lowest BCUT2D eigenvalue weighted by molar-refractivity contribution is 0.373. The van der Waals surface area contributed by atoms with E-state index in [1.165, 1.54) is 13.3 Å². The number of phenolic OH excluding ortho intramolecular Hbond substituents is 1. The second-order valence-electron chi connectivity index (χ2n) is 6.19. The summed E-state index contributed by atoms with van der Waals surface area (Å²) in [6, 6.07) is 20.7. The zero-order chi connectivity index (χ0) is 20.2. The van der Waals surface area contributed by atoms with Gasteiger partial charge in [-0.1, -0.05) is 46.3 Å². The van der Waals surface area contributed by atoms with Crippen LogP contribution in [0.1, 0.15) is 5.56 Å². The monoisotopic (exact) mass is 448 g/mol. The normalized spacial score (nSPS) is 11.1. The van der Waals surface area contributed by atoms with Gasteiger partial charge >= 0.3 is 0 Å². The highest BCUT2D eigenvalue weighted by atomic mass is 79.9. The predicted octanol–water partition coefficient (Wildman–Crippen LogP) is 5.22. The summed E-state index contributed by atoms with van der Waals surface area (Å²) in [6.07, 6.45) is 1.52. The Morgan fingerprint density at radius 2 is 1.79 bits per heavy atom. The van der Waals surface area contributed by atoms with Crippen LogP contribution in [0.4, 0.5) is 5.82 Å². The number of aromatic hydroxyl groups is 1. The van der Waals surface area contributed by atoms with Gasteiger partial charge < -0.3 is 9.84 Å². The molecule has 0 aliphatic carbocycles. The maximum Gasteiger partial charge on any atom is 0.166 e. The Hall–Kier alpha value is -3.45. The van der Waals surface area contributed by atoms with Crippen molar-refractivity contribution in [2.45, 2.75) is 0 Å². The van der Waals surface area contributed by atoms with E-state index in [2.05, 4.69) is 36.4 Å². The van der Waals surface area contributed by atoms with Crippen LogP contribution in [0.5, 0.6) is 11.5 Å². The number of ether oxygens (including phenoxy) is 1. The van der Waals surface area contributed by atoms with E-state index in [0.717, 1.165) is 20.9 Å². The summed E-state index contributed by atoms with van der Waals surface area (Å²) in [5.41, 5.74) is 5.22. The van der Waals surface area contributed by atoms with Crippen molar-refractivity contribution in [2.75, 3.05) is 12.5 Å². The summed E-state index contributed by atoms with van der Waals surface area (Å²) in [5, 5.41) is 15.3. The Morgan fingerprint density at radius 3 is 2.59 bits per heavy atom. The molecule has 2 N–H and O–H groups in total. The number of aromatic nitrogens is 2. The number of phenols is 1. The first-order valence-electron chi connectivity index (χ1n) is 8.83. The summed E-state index contributed by atoms with van der Waals surface area (Å²) in [6.45, 7) is 0. The number of hydrogen-bond acceptors (Lipinski definition) is 6. The van der Waals surface area contributed by atoms with Crippen molar-refractivity contribution < 1.29 is 9.84 Å². The lowest BCUT2D eigenvalue weighted by Crippen LogP contribution is -1.99. The van der Waals surface area contributed by atoms with Gasteiger partial charge in [-0.15, -0.1) is 0 Å². The number of rotatable bonds is 5. The zero-order valence-electron chi connectivity index (χ0n) is 15.5. The fraction of sp³-hybridized carbons (Fsp3) is 0.0455. The molecule has 4 aromatic rings. The van der Waals surface area contributed by atoms with Crippen LogP contribution in [0.15, 0.2) is 76.3 Å². The quantitative estimate of drug-likeness (QED) is 0.323. The number of methoxy groups -OCH3 is 1. The van der Waals surface area contributed by atoms with E-state index >= 15 is 0 Å². The molecule has 0 radical (unpaired) electrons. The second kappa shape index (κ2) is 8.28. The fourth-order valence-electron chi connectivity index (χ4n) is 2.86. The molecule has 0 aliphatic heterocycles. The van der Waals surface area contributed by atoms with Gasteiger partial charge in [-0.2, -0.15) is 5.10 Å². The van der Waals surface area contributed by atoms with Crippen LogP contribution in [0.2, 0.25) is 0 Å². The van der Waals surface area contributed by atoms with Crippen molar-refractivity contribution in [3.8, 4) is 22.9 Å². The molecular formula is C22H17BrN4O2. The van der Waals surface area contributed by atoms with E-state index in [1.54, 1.807) is 18.2 Å².